The number of halogens is 1. The standard InChI is InChI=1S/C15H16ClNO3S/c1-20-15(13-9-5-6-10-14(13)16)11-17-21(18,19)12-7-3-2-4-8-12/h2-10,15,17H,11H2,1H3. The Balaban J connectivity index is 2.13. The normalized spacial score (nSPS) is 13.0. The monoisotopic (exact) mass is 325 g/mol. The van der Waals surface area contributed by atoms with Gasteiger partial charge in [-0.25, -0.2) is 13.1 Å². The van der Waals surface area contributed by atoms with Crippen LogP contribution in [0.1, 0.15) is 11.7 Å². The zero-order valence-electron chi connectivity index (χ0n) is 11.5. The second kappa shape index (κ2) is 7.04. The van der Waals surface area contributed by atoms with Crippen molar-refractivity contribution in [1.82, 2.24) is 4.72 Å². The lowest BCUT2D eigenvalue weighted by atomic mass is 10.1. The average Bonchev–Trinajstić information content (AvgIpc) is 2.50. The summed E-state index contributed by atoms with van der Waals surface area (Å²) in [5.74, 6) is 0. The maximum absolute atomic E-state index is 12.2. The van der Waals surface area contributed by atoms with Crippen molar-refractivity contribution >= 4 is 21.6 Å². The molecule has 0 radical (unpaired) electrons. The van der Waals surface area contributed by atoms with Gasteiger partial charge in [0, 0.05) is 24.2 Å². The van der Waals surface area contributed by atoms with Gasteiger partial charge in [-0.1, -0.05) is 48.0 Å². The molecule has 4 nitrogen and oxygen atoms in total. The van der Waals surface area contributed by atoms with Gasteiger partial charge in [0.2, 0.25) is 10.0 Å². The van der Waals surface area contributed by atoms with Gasteiger partial charge in [0.05, 0.1) is 11.0 Å². The summed E-state index contributed by atoms with van der Waals surface area (Å²) >= 11 is 6.11. The number of methoxy groups -OCH3 is 1. The number of ether oxygens (including phenoxy) is 1. The number of nitrogens with one attached hydrogen (secondary N) is 1. The van der Waals surface area contributed by atoms with E-state index < -0.39 is 16.1 Å². The molecule has 0 saturated heterocycles. The van der Waals surface area contributed by atoms with Crippen LogP contribution in [0.5, 0.6) is 0 Å². The molecule has 0 spiro atoms. The minimum absolute atomic E-state index is 0.109. The summed E-state index contributed by atoms with van der Waals surface area (Å²) in [7, 11) is -2.04. The van der Waals surface area contributed by atoms with E-state index in [-0.39, 0.29) is 11.4 Å². The van der Waals surface area contributed by atoms with Gasteiger partial charge in [0.1, 0.15) is 0 Å². The quantitative estimate of drug-likeness (QED) is 0.888. The highest BCUT2D eigenvalue weighted by Gasteiger charge is 2.19. The number of hydrogen-bond donors (Lipinski definition) is 1. The van der Waals surface area contributed by atoms with Gasteiger partial charge in [-0.15, -0.1) is 0 Å². The van der Waals surface area contributed by atoms with Gasteiger partial charge in [-0.05, 0) is 18.2 Å². The highest BCUT2D eigenvalue weighted by atomic mass is 35.5. The lowest BCUT2D eigenvalue weighted by molar-refractivity contribution is 0.107. The van der Waals surface area contributed by atoms with Crippen LogP contribution >= 0.6 is 11.6 Å². The molecule has 1 N–H and O–H groups in total. The molecule has 112 valence electrons. The summed E-state index contributed by atoms with van der Waals surface area (Å²) in [6.45, 7) is 0.109. The van der Waals surface area contributed by atoms with Crippen LogP contribution in [-0.4, -0.2) is 22.1 Å². The minimum Gasteiger partial charge on any atom is -0.375 e. The largest absolute Gasteiger partial charge is 0.375 e. The van der Waals surface area contributed by atoms with E-state index in [0.29, 0.717) is 5.02 Å². The molecule has 0 fully saturated rings. The number of hydrogen-bond acceptors (Lipinski definition) is 3. The molecule has 0 aromatic heterocycles. The first-order valence-corrected chi connectivity index (χ1v) is 8.22. The van der Waals surface area contributed by atoms with E-state index >= 15 is 0 Å². The first kappa shape index (κ1) is 16.0. The van der Waals surface area contributed by atoms with Gasteiger partial charge in [0.25, 0.3) is 0 Å². The molecule has 0 aliphatic carbocycles. The molecule has 0 aliphatic rings. The average molecular weight is 326 g/mol. The number of benzene rings is 2. The van der Waals surface area contributed by atoms with Crippen molar-refractivity contribution in [2.45, 2.75) is 11.0 Å². The summed E-state index contributed by atoms with van der Waals surface area (Å²) in [6.07, 6.45) is -0.447. The third-order valence-electron chi connectivity index (χ3n) is 3.05. The van der Waals surface area contributed by atoms with E-state index in [1.807, 2.05) is 18.2 Å². The molecule has 1 atom stereocenters. The Bertz CT molecular complexity index is 689. The topological polar surface area (TPSA) is 55.4 Å². The molecule has 6 heteroatoms. The first-order chi connectivity index (χ1) is 10.0. The van der Waals surface area contributed by atoms with Crippen molar-refractivity contribution in [3.8, 4) is 0 Å². The Kier molecular flexibility index (Phi) is 5.36. The summed E-state index contributed by atoms with van der Waals surface area (Å²) in [6, 6.07) is 15.4. The fourth-order valence-corrected chi connectivity index (χ4v) is 3.24. The van der Waals surface area contributed by atoms with Crippen molar-refractivity contribution < 1.29 is 13.2 Å². The Morgan fingerprint density at radius 2 is 1.71 bits per heavy atom. The second-order valence-electron chi connectivity index (χ2n) is 4.41. The Morgan fingerprint density at radius 1 is 1.10 bits per heavy atom. The molecule has 2 aromatic rings. The van der Waals surface area contributed by atoms with Gasteiger partial charge in [-0.3, -0.25) is 0 Å². The third-order valence-corrected chi connectivity index (χ3v) is 4.83. The zero-order valence-corrected chi connectivity index (χ0v) is 13.1. The zero-order chi connectivity index (χ0) is 15.3. The summed E-state index contributed by atoms with van der Waals surface area (Å²) in [5, 5.41) is 0.545. The molecule has 2 aromatic carbocycles. The van der Waals surface area contributed by atoms with Crippen LogP contribution in [0.25, 0.3) is 0 Å². The fourth-order valence-electron chi connectivity index (χ4n) is 1.92. The Morgan fingerprint density at radius 3 is 2.33 bits per heavy atom. The van der Waals surface area contributed by atoms with Crippen LogP contribution < -0.4 is 4.72 Å². The lowest BCUT2D eigenvalue weighted by Crippen LogP contribution is -2.29. The summed E-state index contributed by atoms with van der Waals surface area (Å²) in [4.78, 5) is 0.221. The van der Waals surface area contributed by atoms with Gasteiger partial charge >= 0.3 is 0 Å². The van der Waals surface area contributed by atoms with E-state index in [0.717, 1.165) is 5.56 Å². The van der Waals surface area contributed by atoms with Crippen molar-refractivity contribution in [3.05, 3.63) is 65.2 Å². The summed E-state index contributed by atoms with van der Waals surface area (Å²) in [5.41, 5.74) is 0.748. The van der Waals surface area contributed by atoms with Crippen molar-refractivity contribution in [3.63, 3.8) is 0 Å². The van der Waals surface area contributed by atoms with Crippen molar-refractivity contribution in [1.29, 1.82) is 0 Å². The Labute approximate surface area is 129 Å². The highest BCUT2D eigenvalue weighted by Crippen LogP contribution is 2.24. The van der Waals surface area contributed by atoms with Crippen LogP contribution in [0, 0.1) is 0 Å². The SMILES string of the molecule is COC(CNS(=O)(=O)c1ccccc1)c1ccccc1Cl. The molecular weight excluding hydrogens is 310 g/mol. The fraction of sp³-hybridized carbons (Fsp3) is 0.200. The van der Waals surface area contributed by atoms with Crippen LogP contribution in [0.3, 0.4) is 0 Å². The molecule has 0 saturated carbocycles. The maximum atomic E-state index is 12.2. The number of sulfonamides is 1. The van der Waals surface area contributed by atoms with Gasteiger partial charge in [-0.2, -0.15) is 0 Å². The molecule has 1 unspecified atom stereocenters. The van der Waals surface area contributed by atoms with E-state index in [4.69, 9.17) is 16.3 Å². The smallest absolute Gasteiger partial charge is 0.240 e. The molecule has 0 amide bonds. The molecule has 0 bridgehead atoms. The van der Waals surface area contributed by atoms with Crippen LogP contribution in [0.2, 0.25) is 5.02 Å². The molecule has 21 heavy (non-hydrogen) atoms. The van der Waals surface area contributed by atoms with Gasteiger partial charge in [0.15, 0.2) is 0 Å². The molecule has 0 aliphatic heterocycles. The molecule has 0 heterocycles. The van der Waals surface area contributed by atoms with E-state index in [1.54, 1.807) is 36.4 Å². The predicted octanol–water partition coefficient (Wildman–Crippen LogP) is 3.01. The van der Waals surface area contributed by atoms with Crippen LogP contribution in [-0.2, 0) is 14.8 Å². The predicted molar refractivity (Wildman–Crippen MR) is 82.8 cm³/mol. The van der Waals surface area contributed by atoms with E-state index in [1.165, 1.54) is 7.11 Å². The van der Waals surface area contributed by atoms with Crippen LogP contribution in [0.15, 0.2) is 59.5 Å². The molecular formula is C15H16ClNO3S. The Hall–Kier alpha value is -1.40. The van der Waals surface area contributed by atoms with E-state index in [2.05, 4.69) is 4.72 Å². The minimum atomic E-state index is -3.56. The highest BCUT2D eigenvalue weighted by molar-refractivity contribution is 7.89. The maximum Gasteiger partial charge on any atom is 0.240 e. The lowest BCUT2D eigenvalue weighted by Gasteiger charge is -2.17. The van der Waals surface area contributed by atoms with Crippen molar-refractivity contribution in [2.24, 2.45) is 0 Å². The second-order valence-corrected chi connectivity index (χ2v) is 6.58. The van der Waals surface area contributed by atoms with E-state index in [9.17, 15) is 8.42 Å². The van der Waals surface area contributed by atoms with Crippen molar-refractivity contribution in [2.75, 3.05) is 13.7 Å². The number of rotatable bonds is 6. The van der Waals surface area contributed by atoms with Gasteiger partial charge < -0.3 is 4.74 Å². The summed E-state index contributed by atoms with van der Waals surface area (Å²) < 4.78 is 32.2. The first-order valence-electron chi connectivity index (χ1n) is 6.36. The molecule has 2 rings (SSSR count). The third kappa shape index (κ3) is 4.04. The van der Waals surface area contributed by atoms with Crippen LogP contribution in [0.4, 0.5) is 0 Å².